The van der Waals surface area contributed by atoms with Crippen LogP contribution in [-0.4, -0.2) is 17.8 Å². The Bertz CT molecular complexity index is 350. The first-order valence-corrected chi connectivity index (χ1v) is 7.64. The van der Waals surface area contributed by atoms with E-state index in [2.05, 4.69) is 24.3 Å². The summed E-state index contributed by atoms with van der Waals surface area (Å²) in [5, 5.41) is 9.27. The average Bonchev–Trinajstić information content (AvgIpc) is 2.45. The van der Waals surface area contributed by atoms with Gasteiger partial charge in [0.05, 0.1) is 12.7 Å². The van der Waals surface area contributed by atoms with Gasteiger partial charge in [-0.15, -0.1) is 0 Å². The molecule has 1 atom stereocenters. The summed E-state index contributed by atoms with van der Waals surface area (Å²) in [4.78, 5) is 0. The molecule has 1 fully saturated rings. The number of rotatable bonds is 6. The lowest BCUT2D eigenvalue weighted by Gasteiger charge is -2.21. The molecule has 0 amide bonds. The molecule has 2 nitrogen and oxygen atoms in total. The molecule has 19 heavy (non-hydrogen) atoms. The van der Waals surface area contributed by atoms with E-state index in [1.165, 1.54) is 37.7 Å². The van der Waals surface area contributed by atoms with Gasteiger partial charge < -0.3 is 9.84 Å². The van der Waals surface area contributed by atoms with Crippen LogP contribution in [0.1, 0.15) is 51.0 Å². The number of aryl methyl sites for hydroxylation is 1. The maximum absolute atomic E-state index is 9.27. The van der Waals surface area contributed by atoms with Crippen LogP contribution in [0.15, 0.2) is 24.3 Å². The zero-order valence-corrected chi connectivity index (χ0v) is 12.0. The lowest BCUT2D eigenvalue weighted by Crippen LogP contribution is -2.15. The van der Waals surface area contributed by atoms with Gasteiger partial charge in [-0.3, -0.25) is 0 Å². The maximum atomic E-state index is 9.27. The van der Waals surface area contributed by atoms with Gasteiger partial charge in [-0.2, -0.15) is 0 Å². The first kappa shape index (κ1) is 14.4. The fourth-order valence-electron chi connectivity index (χ4n) is 2.70. The molecular weight excluding hydrogens is 236 g/mol. The molecular formula is C17H26O2. The summed E-state index contributed by atoms with van der Waals surface area (Å²) in [5.74, 6) is 1.73. The molecule has 1 unspecified atom stereocenters. The van der Waals surface area contributed by atoms with E-state index >= 15 is 0 Å². The van der Waals surface area contributed by atoms with Crippen molar-refractivity contribution in [2.45, 2.75) is 58.0 Å². The van der Waals surface area contributed by atoms with Crippen molar-refractivity contribution in [2.24, 2.45) is 5.92 Å². The van der Waals surface area contributed by atoms with Gasteiger partial charge in [0.15, 0.2) is 0 Å². The Kier molecular flexibility index (Phi) is 5.71. The molecule has 2 heteroatoms. The SMILES string of the molecule is CC(O)CCc1ccc(OCC2CCCCC2)cc1. The predicted molar refractivity (Wildman–Crippen MR) is 78.5 cm³/mol. The van der Waals surface area contributed by atoms with Crippen molar-refractivity contribution in [3.8, 4) is 5.75 Å². The van der Waals surface area contributed by atoms with Crippen LogP contribution in [0.5, 0.6) is 5.75 Å². The Hall–Kier alpha value is -1.02. The van der Waals surface area contributed by atoms with Crippen molar-refractivity contribution in [1.82, 2.24) is 0 Å². The summed E-state index contributed by atoms with van der Waals surface area (Å²) in [6, 6.07) is 8.33. The van der Waals surface area contributed by atoms with Gasteiger partial charge in [-0.25, -0.2) is 0 Å². The highest BCUT2D eigenvalue weighted by molar-refractivity contribution is 5.27. The van der Waals surface area contributed by atoms with Crippen LogP contribution in [-0.2, 0) is 6.42 Å². The summed E-state index contributed by atoms with van der Waals surface area (Å²) in [7, 11) is 0. The monoisotopic (exact) mass is 262 g/mol. The molecule has 0 spiro atoms. The number of benzene rings is 1. The van der Waals surface area contributed by atoms with Crippen molar-refractivity contribution in [3.63, 3.8) is 0 Å². The van der Waals surface area contributed by atoms with E-state index in [1.54, 1.807) is 0 Å². The van der Waals surface area contributed by atoms with E-state index in [-0.39, 0.29) is 6.10 Å². The molecule has 1 aliphatic rings. The van der Waals surface area contributed by atoms with Crippen LogP contribution in [0.25, 0.3) is 0 Å². The highest BCUT2D eigenvalue weighted by Gasteiger charge is 2.13. The Balaban J connectivity index is 1.74. The van der Waals surface area contributed by atoms with Crippen molar-refractivity contribution >= 4 is 0 Å². The van der Waals surface area contributed by atoms with Crippen LogP contribution in [0.4, 0.5) is 0 Å². The van der Waals surface area contributed by atoms with Gasteiger partial charge in [0, 0.05) is 0 Å². The molecule has 0 radical (unpaired) electrons. The first-order valence-electron chi connectivity index (χ1n) is 7.64. The van der Waals surface area contributed by atoms with Crippen LogP contribution in [0, 0.1) is 5.92 Å². The molecule has 0 aromatic heterocycles. The fraction of sp³-hybridized carbons (Fsp3) is 0.647. The predicted octanol–water partition coefficient (Wildman–Crippen LogP) is 3.96. The Morgan fingerprint density at radius 2 is 1.84 bits per heavy atom. The Morgan fingerprint density at radius 3 is 2.47 bits per heavy atom. The molecule has 106 valence electrons. The third-order valence-electron chi connectivity index (χ3n) is 3.98. The standard InChI is InChI=1S/C17H26O2/c1-14(18)7-8-15-9-11-17(12-10-15)19-13-16-5-3-2-4-6-16/h9-12,14,16,18H,2-8,13H2,1H3. The zero-order valence-electron chi connectivity index (χ0n) is 12.0. The van der Waals surface area contributed by atoms with Crippen molar-refractivity contribution in [2.75, 3.05) is 6.61 Å². The van der Waals surface area contributed by atoms with Crippen molar-refractivity contribution < 1.29 is 9.84 Å². The average molecular weight is 262 g/mol. The highest BCUT2D eigenvalue weighted by atomic mass is 16.5. The number of hydrogen-bond acceptors (Lipinski definition) is 2. The molecule has 0 heterocycles. The van der Waals surface area contributed by atoms with E-state index in [1.807, 2.05) is 6.92 Å². The van der Waals surface area contributed by atoms with Gasteiger partial charge in [0.25, 0.3) is 0 Å². The van der Waals surface area contributed by atoms with E-state index in [4.69, 9.17) is 4.74 Å². The quantitative estimate of drug-likeness (QED) is 0.841. The molecule has 0 aliphatic heterocycles. The van der Waals surface area contributed by atoms with Crippen LogP contribution in [0.2, 0.25) is 0 Å². The molecule has 1 aromatic carbocycles. The van der Waals surface area contributed by atoms with Gasteiger partial charge in [0.2, 0.25) is 0 Å². The third-order valence-corrected chi connectivity index (χ3v) is 3.98. The molecule has 1 N–H and O–H groups in total. The van der Waals surface area contributed by atoms with Crippen LogP contribution in [0.3, 0.4) is 0 Å². The molecule has 2 rings (SSSR count). The normalized spacial score (nSPS) is 18.2. The van der Waals surface area contributed by atoms with E-state index in [0.717, 1.165) is 31.1 Å². The highest BCUT2D eigenvalue weighted by Crippen LogP contribution is 2.24. The number of aliphatic hydroxyl groups is 1. The summed E-state index contributed by atoms with van der Waals surface area (Å²) >= 11 is 0. The minimum Gasteiger partial charge on any atom is -0.493 e. The van der Waals surface area contributed by atoms with Gasteiger partial charge in [-0.05, 0) is 56.2 Å². The largest absolute Gasteiger partial charge is 0.493 e. The minimum absolute atomic E-state index is 0.220. The smallest absolute Gasteiger partial charge is 0.119 e. The van der Waals surface area contributed by atoms with E-state index in [9.17, 15) is 5.11 Å². The molecule has 1 aromatic rings. The van der Waals surface area contributed by atoms with Gasteiger partial charge in [0.1, 0.15) is 5.75 Å². The summed E-state index contributed by atoms with van der Waals surface area (Å²) < 4.78 is 5.88. The Morgan fingerprint density at radius 1 is 1.16 bits per heavy atom. The van der Waals surface area contributed by atoms with Crippen LogP contribution >= 0.6 is 0 Å². The zero-order chi connectivity index (χ0) is 13.5. The molecule has 1 aliphatic carbocycles. The van der Waals surface area contributed by atoms with E-state index < -0.39 is 0 Å². The van der Waals surface area contributed by atoms with Gasteiger partial charge >= 0.3 is 0 Å². The fourth-order valence-corrected chi connectivity index (χ4v) is 2.70. The number of hydrogen-bond donors (Lipinski definition) is 1. The summed E-state index contributed by atoms with van der Waals surface area (Å²) in [5.41, 5.74) is 1.27. The lowest BCUT2D eigenvalue weighted by atomic mass is 9.90. The first-order chi connectivity index (χ1) is 9.24. The van der Waals surface area contributed by atoms with Gasteiger partial charge in [-0.1, -0.05) is 31.4 Å². The summed E-state index contributed by atoms with van der Waals surface area (Å²) in [6.45, 7) is 2.70. The van der Waals surface area contributed by atoms with E-state index in [0.29, 0.717) is 0 Å². The second-order valence-electron chi connectivity index (χ2n) is 5.85. The lowest BCUT2D eigenvalue weighted by molar-refractivity contribution is 0.185. The second kappa shape index (κ2) is 7.54. The summed E-state index contributed by atoms with van der Waals surface area (Å²) in [6.07, 6.45) is 8.32. The number of ether oxygens (including phenoxy) is 1. The van der Waals surface area contributed by atoms with Crippen LogP contribution < -0.4 is 4.74 Å². The maximum Gasteiger partial charge on any atom is 0.119 e. The molecule has 0 bridgehead atoms. The third kappa shape index (κ3) is 5.23. The second-order valence-corrected chi connectivity index (χ2v) is 5.85. The minimum atomic E-state index is -0.220. The van der Waals surface area contributed by atoms with Crippen molar-refractivity contribution in [1.29, 1.82) is 0 Å². The Labute approximate surface area is 116 Å². The number of aliphatic hydroxyl groups excluding tert-OH is 1. The molecule has 1 saturated carbocycles. The topological polar surface area (TPSA) is 29.5 Å². The molecule has 0 saturated heterocycles. The van der Waals surface area contributed by atoms with Crippen molar-refractivity contribution in [3.05, 3.63) is 29.8 Å².